The van der Waals surface area contributed by atoms with Crippen LogP contribution >= 0.6 is 0 Å². The molecule has 0 N–H and O–H groups in total. The molecule has 1 aliphatic carbocycles. The highest BCUT2D eigenvalue weighted by Gasteiger charge is 2.17. The van der Waals surface area contributed by atoms with E-state index >= 15 is 0 Å². The van der Waals surface area contributed by atoms with Crippen molar-refractivity contribution in [3.63, 3.8) is 0 Å². The molecule has 1 nitrogen and oxygen atoms in total. The van der Waals surface area contributed by atoms with Crippen LogP contribution < -0.4 is 4.90 Å². The third-order valence-electron chi connectivity index (χ3n) is 3.61. The van der Waals surface area contributed by atoms with E-state index in [-0.39, 0.29) is 0 Å². The van der Waals surface area contributed by atoms with Gasteiger partial charge in [-0.3, -0.25) is 0 Å². The highest BCUT2D eigenvalue weighted by atomic mass is 15.1. The third kappa shape index (κ3) is 2.40. The molecule has 1 saturated carbocycles. The summed E-state index contributed by atoms with van der Waals surface area (Å²) in [5.41, 5.74) is 2.82. The zero-order chi connectivity index (χ0) is 11.4. The topological polar surface area (TPSA) is 3.24 Å². The Kier molecular flexibility index (Phi) is 3.87. The summed E-state index contributed by atoms with van der Waals surface area (Å²) in [6.45, 7) is 6.60. The van der Waals surface area contributed by atoms with Crippen molar-refractivity contribution in [1.29, 1.82) is 0 Å². The average Bonchev–Trinajstić information content (AvgIpc) is 2.85. The first-order valence-electron chi connectivity index (χ1n) is 6.55. The SMILES string of the molecule is CCN(CC)c1ccc([C]2CCCC2)cc1. The first kappa shape index (κ1) is 11.5. The highest BCUT2D eigenvalue weighted by Crippen LogP contribution is 2.33. The zero-order valence-corrected chi connectivity index (χ0v) is 10.5. The Hall–Kier alpha value is -0.980. The van der Waals surface area contributed by atoms with E-state index in [0.717, 1.165) is 13.1 Å². The van der Waals surface area contributed by atoms with E-state index in [9.17, 15) is 0 Å². The van der Waals surface area contributed by atoms with Crippen LogP contribution in [0.1, 0.15) is 45.1 Å². The molecule has 1 aliphatic rings. The second-order valence-corrected chi connectivity index (χ2v) is 4.53. The van der Waals surface area contributed by atoms with Crippen LogP contribution in [0.2, 0.25) is 0 Å². The van der Waals surface area contributed by atoms with Gasteiger partial charge in [0.15, 0.2) is 0 Å². The minimum atomic E-state index is 1.09. The van der Waals surface area contributed by atoms with Gasteiger partial charge in [-0.1, -0.05) is 25.0 Å². The fraction of sp³-hybridized carbons (Fsp3) is 0.533. The van der Waals surface area contributed by atoms with E-state index in [1.54, 1.807) is 5.92 Å². The molecule has 0 spiro atoms. The molecule has 1 heteroatoms. The van der Waals surface area contributed by atoms with Gasteiger partial charge in [0.05, 0.1) is 0 Å². The normalized spacial score (nSPS) is 16.6. The molecule has 87 valence electrons. The van der Waals surface area contributed by atoms with Crippen LogP contribution in [-0.4, -0.2) is 13.1 Å². The Bertz CT molecular complexity index is 284. The van der Waals surface area contributed by atoms with Crippen molar-refractivity contribution in [1.82, 2.24) is 0 Å². The zero-order valence-electron chi connectivity index (χ0n) is 10.5. The molecule has 0 bridgehead atoms. The second kappa shape index (κ2) is 5.38. The number of rotatable bonds is 4. The van der Waals surface area contributed by atoms with Gasteiger partial charge in [-0.2, -0.15) is 0 Å². The molecule has 2 rings (SSSR count). The maximum atomic E-state index is 2.39. The van der Waals surface area contributed by atoms with E-state index in [1.165, 1.54) is 36.9 Å². The smallest absolute Gasteiger partial charge is 0.0366 e. The van der Waals surface area contributed by atoms with Crippen LogP contribution in [0.25, 0.3) is 0 Å². The molecular weight excluding hydrogens is 194 g/mol. The first-order valence-corrected chi connectivity index (χ1v) is 6.55. The van der Waals surface area contributed by atoms with Gasteiger partial charge in [0.25, 0.3) is 0 Å². The van der Waals surface area contributed by atoms with E-state index in [1.807, 2.05) is 0 Å². The van der Waals surface area contributed by atoms with Crippen LogP contribution in [0.15, 0.2) is 24.3 Å². The summed E-state index contributed by atoms with van der Waals surface area (Å²) in [7, 11) is 0. The monoisotopic (exact) mass is 216 g/mol. The fourth-order valence-electron chi connectivity index (χ4n) is 2.59. The summed E-state index contributed by atoms with van der Waals surface area (Å²) in [5, 5.41) is 0. The van der Waals surface area contributed by atoms with Gasteiger partial charge in [-0.25, -0.2) is 0 Å². The van der Waals surface area contributed by atoms with Gasteiger partial charge in [0.2, 0.25) is 0 Å². The number of nitrogens with zero attached hydrogens (tertiary/aromatic N) is 1. The van der Waals surface area contributed by atoms with E-state index in [0.29, 0.717) is 0 Å². The van der Waals surface area contributed by atoms with Gasteiger partial charge in [0.1, 0.15) is 0 Å². The lowest BCUT2D eigenvalue weighted by Gasteiger charge is -2.21. The minimum Gasteiger partial charge on any atom is -0.372 e. The van der Waals surface area contributed by atoms with Gasteiger partial charge in [-0.05, 0) is 44.4 Å². The van der Waals surface area contributed by atoms with Gasteiger partial charge < -0.3 is 4.90 Å². The quantitative estimate of drug-likeness (QED) is 0.734. The van der Waals surface area contributed by atoms with Crippen molar-refractivity contribution in [3.05, 3.63) is 35.7 Å². The van der Waals surface area contributed by atoms with Crippen molar-refractivity contribution >= 4 is 5.69 Å². The van der Waals surface area contributed by atoms with Gasteiger partial charge in [0, 0.05) is 24.7 Å². The van der Waals surface area contributed by atoms with Crippen LogP contribution in [0.4, 0.5) is 5.69 Å². The summed E-state index contributed by atoms with van der Waals surface area (Å²) in [4.78, 5) is 2.39. The standard InChI is InChI=1S/C15H22N/c1-3-16(4-2)15-11-9-14(10-12-15)13-7-5-6-8-13/h9-12H,3-8H2,1-2H3. The Morgan fingerprint density at radius 3 is 2.00 bits per heavy atom. The molecule has 1 fully saturated rings. The largest absolute Gasteiger partial charge is 0.372 e. The average molecular weight is 216 g/mol. The number of hydrogen-bond acceptors (Lipinski definition) is 1. The summed E-state index contributed by atoms with van der Waals surface area (Å²) in [6.07, 6.45) is 5.38. The summed E-state index contributed by atoms with van der Waals surface area (Å²) in [6, 6.07) is 9.14. The van der Waals surface area contributed by atoms with Crippen molar-refractivity contribution in [2.24, 2.45) is 0 Å². The lowest BCUT2D eigenvalue weighted by atomic mass is 9.97. The summed E-state index contributed by atoms with van der Waals surface area (Å²) in [5.74, 6) is 1.66. The number of anilines is 1. The third-order valence-corrected chi connectivity index (χ3v) is 3.61. The van der Waals surface area contributed by atoms with Crippen molar-refractivity contribution in [3.8, 4) is 0 Å². The van der Waals surface area contributed by atoms with Crippen LogP contribution in [0.3, 0.4) is 0 Å². The molecule has 1 aromatic rings. The molecule has 1 aromatic carbocycles. The minimum absolute atomic E-state index is 1.09. The Morgan fingerprint density at radius 2 is 1.50 bits per heavy atom. The van der Waals surface area contributed by atoms with E-state index in [4.69, 9.17) is 0 Å². The lowest BCUT2D eigenvalue weighted by Crippen LogP contribution is -2.21. The summed E-state index contributed by atoms with van der Waals surface area (Å²) >= 11 is 0. The fourth-order valence-corrected chi connectivity index (χ4v) is 2.59. The van der Waals surface area contributed by atoms with Crippen molar-refractivity contribution in [2.75, 3.05) is 18.0 Å². The molecule has 0 saturated heterocycles. The Morgan fingerprint density at radius 1 is 0.938 bits per heavy atom. The van der Waals surface area contributed by atoms with Crippen LogP contribution in [0, 0.1) is 5.92 Å². The molecule has 0 unspecified atom stereocenters. The molecule has 0 aliphatic heterocycles. The Balaban J connectivity index is 2.09. The molecular formula is C15H22N. The molecule has 0 amide bonds. The number of benzene rings is 1. The molecule has 0 atom stereocenters. The van der Waals surface area contributed by atoms with Crippen LogP contribution in [0.5, 0.6) is 0 Å². The van der Waals surface area contributed by atoms with E-state index < -0.39 is 0 Å². The molecule has 0 aromatic heterocycles. The predicted molar refractivity (Wildman–Crippen MR) is 70.8 cm³/mol. The van der Waals surface area contributed by atoms with Gasteiger partial charge in [-0.15, -0.1) is 0 Å². The highest BCUT2D eigenvalue weighted by molar-refractivity contribution is 5.49. The van der Waals surface area contributed by atoms with Crippen molar-refractivity contribution in [2.45, 2.75) is 39.5 Å². The van der Waals surface area contributed by atoms with Crippen molar-refractivity contribution < 1.29 is 0 Å². The first-order chi connectivity index (χ1) is 7.85. The molecule has 16 heavy (non-hydrogen) atoms. The second-order valence-electron chi connectivity index (χ2n) is 4.53. The molecule has 1 radical (unpaired) electrons. The lowest BCUT2D eigenvalue weighted by molar-refractivity contribution is 0.865. The number of hydrogen-bond donors (Lipinski definition) is 0. The maximum Gasteiger partial charge on any atom is 0.0366 e. The van der Waals surface area contributed by atoms with Crippen LogP contribution in [-0.2, 0) is 0 Å². The van der Waals surface area contributed by atoms with Gasteiger partial charge >= 0.3 is 0 Å². The predicted octanol–water partition coefficient (Wildman–Crippen LogP) is 4.03. The molecule has 0 heterocycles. The van der Waals surface area contributed by atoms with E-state index in [2.05, 4.69) is 43.0 Å². The Labute approximate surface area is 99.5 Å². The summed E-state index contributed by atoms with van der Waals surface area (Å²) < 4.78 is 0. The maximum absolute atomic E-state index is 2.39.